The molecule has 6 nitrogen and oxygen atoms in total. The van der Waals surface area contributed by atoms with Gasteiger partial charge in [0.2, 0.25) is 11.1 Å². The molecule has 0 spiro atoms. The fourth-order valence-corrected chi connectivity index (χ4v) is 4.54. The molecule has 7 heteroatoms. The van der Waals surface area contributed by atoms with E-state index in [0.717, 1.165) is 22.0 Å². The smallest absolute Gasteiger partial charge is 0.291 e. The molecule has 1 aliphatic rings. The van der Waals surface area contributed by atoms with E-state index < -0.39 is 6.17 Å². The lowest BCUT2D eigenvalue weighted by molar-refractivity contribution is -0.763. The quantitative estimate of drug-likeness (QED) is 0.396. The van der Waals surface area contributed by atoms with Crippen LogP contribution in [0.1, 0.15) is 25.1 Å². The highest BCUT2D eigenvalue weighted by atomic mass is 32.2. The van der Waals surface area contributed by atoms with Gasteiger partial charge in [0, 0.05) is 17.1 Å². The first kappa shape index (κ1) is 19.5. The van der Waals surface area contributed by atoms with Crippen molar-refractivity contribution >= 4 is 34.1 Å². The monoisotopic (exact) mass is 429 g/mol. The Morgan fingerprint density at radius 2 is 1.84 bits per heavy atom. The molecule has 1 amide bonds. The van der Waals surface area contributed by atoms with E-state index in [2.05, 4.69) is 17.1 Å². The fraction of sp³-hybridized carbons (Fsp3) is 0.167. The molecule has 4 aromatic rings. The Morgan fingerprint density at radius 1 is 1.10 bits per heavy atom. The molecular formula is C24H21N4O2S+. The summed E-state index contributed by atoms with van der Waals surface area (Å²) in [5.74, 6) is -0.0310. The maximum absolute atomic E-state index is 13.2. The van der Waals surface area contributed by atoms with Gasteiger partial charge in [0.05, 0.1) is 11.3 Å². The summed E-state index contributed by atoms with van der Waals surface area (Å²) in [5.41, 5.74) is 2.54. The highest BCUT2D eigenvalue weighted by Crippen LogP contribution is 2.38. The summed E-state index contributed by atoms with van der Waals surface area (Å²) in [6.07, 6.45) is 1.64. The number of benzene rings is 3. The summed E-state index contributed by atoms with van der Waals surface area (Å²) in [6.45, 7) is 1.85. The first-order valence-corrected chi connectivity index (χ1v) is 11.3. The van der Waals surface area contributed by atoms with E-state index in [0.29, 0.717) is 22.8 Å². The van der Waals surface area contributed by atoms with Crippen LogP contribution >= 0.6 is 11.8 Å². The topological polar surface area (TPSA) is 69.9 Å². The average Bonchev–Trinajstić information content (AvgIpc) is 2.81. The largest absolute Gasteiger partial charge is 0.325 e. The Balaban J connectivity index is 1.85. The van der Waals surface area contributed by atoms with Crippen LogP contribution in [0, 0.1) is 0 Å². The molecule has 0 saturated heterocycles. The number of anilines is 1. The van der Waals surface area contributed by atoms with Gasteiger partial charge in [-0.15, -0.1) is 0 Å². The van der Waals surface area contributed by atoms with Crippen LogP contribution in [0.2, 0.25) is 0 Å². The lowest BCUT2D eigenvalue weighted by Gasteiger charge is -2.32. The molecule has 1 atom stereocenters. The lowest BCUT2D eigenvalue weighted by Crippen LogP contribution is -2.60. The van der Waals surface area contributed by atoms with Crippen molar-refractivity contribution in [3.8, 4) is 11.3 Å². The summed E-state index contributed by atoms with van der Waals surface area (Å²) < 4.78 is 1.70. The van der Waals surface area contributed by atoms with Gasteiger partial charge in [-0.05, 0) is 46.0 Å². The van der Waals surface area contributed by atoms with Gasteiger partial charge < -0.3 is 0 Å². The lowest BCUT2D eigenvalue weighted by atomic mass is 9.99. The molecule has 1 aromatic heterocycles. The normalized spacial score (nSPS) is 14.9. The molecule has 0 saturated carbocycles. The Morgan fingerprint density at radius 3 is 2.61 bits per heavy atom. The highest BCUT2D eigenvalue weighted by molar-refractivity contribution is 7.98. The standard InChI is InChI=1S/C24H20N4O2S/c1-3-20(29)27-19-11-7-6-10-18(19)21-22(30)25-24(31-2)26-28(21)23(27)17-13-12-15-8-4-5-9-16(15)14-17/h4-14,23H,3H2,1-2H3/p+1/t23-/m0/s1. The third kappa shape index (κ3) is 3.13. The summed E-state index contributed by atoms with van der Waals surface area (Å²) in [4.78, 5) is 31.0. The average molecular weight is 430 g/mol. The molecular weight excluding hydrogens is 408 g/mol. The SMILES string of the molecule is CCC(=O)N1c2ccccc2-c2c(=O)[nH]c(SC)n[n+]2[C@H]1c1ccc2ccccc2c1. The van der Waals surface area contributed by atoms with E-state index in [1.807, 2.05) is 67.8 Å². The molecule has 31 heavy (non-hydrogen) atoms. The number of para-hydroxylation sites is 1. The van der Waals surface area contributed by atoms with Gasteiger partial charge in [-0.1, -0.05) is 61.2 Å². The zero-order chi connectivity index (χ0) is 21.5. The number of nitrogens with zero attached hydrogens (tertiary/aromatic N) is 3. The molecule has 0 unspecified atom stereocenters. The fourth-order valence-electron chi connectivity index (χ4n) is 4.17. The van der Waals surface area contributed by atoms with Crippen molar-refractivity contribution in [2.24, 2.45) is 0 Å². The van der Waals surface area contributed by atoms with Crippen LogP contribution in [-0.2, 0) is 4.79 Å². The number of amides is 1. The van der Waals surface area contributed by atoms with E-state index in [1.54, 1.807) is 9.58 Å². The summed E-state index contributed by atoms with van der Waals surface area (Å²) in [6, 6.07) is 21.7. The van der Waals surface area contributed by atoms with Crippen LogP contribution in [-0.4, -0.2) is 22.2 Å². The Labute approximate surface area is 183 Å². The van der Waals surface area contributed by atoms with Gasteiger partial charge in [-0.25, -0.2) is 4.90 Å². The number of hydrogen-bond acceptors (Lipinski definition) is 4. The van der Waals surface area contributed by atoms with Crippen molar-refractivity contribution in [2.75, 3.05) is 11.2 Å². The molecule has 1 aliphatic heterocycles. The van der Waals surface area contributed by atoms with E-state index in [4.69, 9.17) is 5.10 Å². The Kier molecular flexibility index (Phi) is 4.82. The Bertz CT molecular complexity index is 1380. The van der Waals surface area contributed by atoms with Crippen molar-refractivity contribution in [2.45, 2.75) is 24.7 Å². The number of carbonyl (C=O) groups is 1. The van der Waals surface area contributed by atoms with E-state index in [1.165, 1.54) is 11.8 Å². The summed E-state index contributed by atoms with van der Waals surface area (Å²) in [7, 11) is 0. The van der Waals surface area contributed by atoms with Crippen molar-refractivity contribution < 1.29 is 9.48 Å². The predicted molar refractivity (Wildman–Crippen MR) is 122 cm³/mol. The minimum absolute atomic E-state index is 0.0310. The molecule has 0 radical (unpaired) electrons. The molecule has 0 aliphatic carbocycles. The maximum atomic E-state index is 13.2. The van der Waals surface area contributed by atoms with Crippen LogP contribution in [0.3, 0.4) is 0 Å². The number of thioether (sulfide) groups is 1. The van der Waals surface area contributed by atoms with Gasteiger partial charge in [0.1, 0.15) is 0 Å². The van der Waals surface area contributed by atoms with Gasteiger partial charge in [-0.2, -0.15) is 0 Å². The number of aromatic amines is 1. The summed E-state index contributed by atoms with van der Waals surface area (Å²) >= 11 is 1.36. The molecule has 3 aromatic carbocycles. The minimum Gasteiger partial charge on any atom is -0.291 e. The third-order valence-corrected chi connectivity index (χ3v) is 6.16. The van der Waals surface area contributed by atoms with Crippen LogP contribution in [0.4, 0.5) is 5.69 Å². The number of nitrogens with one attached hydrogen (secondary N) is 1. The van der Waals surface area contributed by atoms with Crippen LogP contribution < -0.4 is 15.1 Å². The predicted octanol–water partition coefficient (Wildman–Crippen LogP) is 3.90. The molecule has 5 rings (SSSR count). The van der Waals surface area contributed by atoms with Crippen molar-refractivity contribution in [3.63, 3.8) is 0 Å². The van der Waals surface area contributed by atoms with Gasteiger partial charge in [0.15, 0.2) is 0 Å². The van der Waals surface area contributed by atoms with Gasteiger partial charge in [0.25, 0.3) is 6.17 Å². The second kappa shape index (κ2) is 7.67. The Hall–Kier alpha value is -3.45. The van der Waals surface area contributed by atoms with Crippen LogP contribution in [0.25, 0.3) is 22.0 Å². The molecule has 0 bridgehead atoms. The van der Waals surface area contributed by atoms with E-state index >= 15 is 0 Å². The second-order valence-corrected chi connectivity index (χ2v) is 8.17. The molecule has 2 heterocycles. The van der Waals surface area contributed by atoms with Gasteiger partial charge in [-0.3, -0.25) is 14.6 Å². The van der Waals surface area contributed by atoms with Crippen LogP contribution in [0.5, 0.6) is 0 Å². The third-order valence-electron chi connectivity index (χ3n) is 5.59. The molecule has 1 N–H and O–H groups in total. The number of carbonyl (C=O) groups excluding carboxylic acids is 1. The first-order valence-electron chi connectivity index (χ1n) is 10.1. The number of aromatic nitrogens is 3. The minimum atomic E-state index is -0.560. The zero-order valence-corrected chi connectivity index (χ0v) is 18.0. The number of H-pyrrole nitrogens is 1. The highest BCUT2D eigenvalue weighted by Gasteiger charge is 2.45. The summed E-state index contributed by atoms with van der Waals surface area (Å²) in [5, 5.41) is 7.41. The van der Waals surface area contributed by atoms with Crippen molar-refractivity contribution in [3.05, 3.63) is 82.6 Å². The maximum Gasteiger partial charge on any atom is 0.325 e. The van der Waals surface area contributed by atoms with E-state index in [9.17, 15) is 9.59 Å². The number of hydrogen-bond donors (Lipinski definition) is 1. The second-order valence-electron chi connectivity index (χ2n) is 7.37. The first-order chi connectivity index (χ1) is 15.1. The van der Waals surface area contributed by atoms with E-state index in [-0.39, 0.29) is 11.5 Å². The van der Waals surface area contributed by atoms with Crippen LogP contribution in [0.15, 0.2) is 76.7 Å². The zero-order valence-electron chi connectivity index (χ0n) is 17.2. The number of rotatable bonds is 3. The van der Waals surface area contributed by atoms with Crippen molar-refractivity contribution in [1.29, 1.82) is 0 Å². The van der Waals surface area contributed by atoms with Gasteiger partial charge >= 0.3 is 11.3 Å². The molecule has 154 valence electrons. The number of fused-ring (bicyclic) bond motifs is 4. The van der Waals surface area contributed by atoms with Crippen molar-refractivity contribution in [1.82, 2.24) is 10.1 Å². The molecule has 0 fully saturated rings.